The van der Waals surface area contributed by atoms with Crippen LogP contribution in [0.4, 0.5) is 0 Å². The summed E-state index contributed by atoms with van der Waals surface area (Å²) >= 11 is 0. The maximum atomic E-state index is 11.9. The van der Waals surface area contributed by atoms with Crippen LogP contribution in [0.3, 0.4) is 0 Å². The van der Waals surface area contributed by atoms with Crippen molar-refractivity contribution in [2.75, 3.05) is 19.7 Å². The van der Waals surface area contributed by atoms with Gasteiger partial charge in [0, 0.05) is 13.5 Å². The first-order valence-corrected chi connectivity index (χ1v) is 18.4. The molecule has 0 aromatic rings. The average molecular weight is 645 g/mol. The van der Waals surface area contributed by atoms with Gasteiger partial charge in [0.05, 0.1) is 43.1 Å². The number of aliphatic hydroxyl groups is 1. The Morgan fingerprint density at radius 1 is 1.00 bits per heavy atom. The Morgan fingerprint density at radius 2 is 1.74 bits per heavy atom. The van der Waals surface area contributed by atoms with E-state index in [9.17, 15) is 14.7 Å². The van der Waals surface area contributed by atoms with E-state index in [4.69, 9.17) is 24.7 Å². The number of amides is 1. The molecule has 0 bridgehead atoms. The van der Waals surface area contributed by atoms with Crippen LogP contribution >= 0.6 is 0 Å². The van der Waals surface area contributed by atoms with Crippen LogP contribution in [0.5, 0.6) is 0 Å². The lowest BCUT2D eigenvalue weighted by molar-refractivity contribution is -0.247. The van der Waals surface area contributed by atoms with Crippen LogP contribution in [0.15, 0.2) is 0 Å². The normalized spacial score (nSPS) is 47.7. The Bertz CT molecular complexity index is 1220. The number of rotatable bonds is 7. The zero-order valence-corrected chi connectivity index (χ0v) is 29.4. The molecule has 0 aromatic carbocycles. The number of carbonyl (C=O) groups is 2. The minimum atomic E-state index is -1.15. The minimum absolute atomic E-state index is 0.0528. The zero-order valence-electron chi connectivity index (χ0n) is 29.4. The van der Waals surface area contributed by atoms with Gasteiger partial charge in [0.15, 0.2) is 12.4 Å². The van der Waals surface area contributed by atoms with Crippen molar-refractivity contribution in [1.29, 1.82) is 0 Å². The number of nitrogens with zero attached hydrogens (tertiary/aromatic N) is 1. The molecule has 5 aliphatic carbocycles. The quantitative estimate of drug-likeness (QED) is 0.379. The molecule has 2 aliphatic heterocycles. The minimum Gasteiger partial charge on any atom is -0.457 e. The molecule has 7 aliphatic rings. The highest BCUT2D eigenvalue weighted by atomic mass is 16.7. The number of nitrogens with two attached hydrogens (primary N) is 1. The number of ether oxygens (including phenoxy) is 4. The van der Waals surface area contributed by atoms with E-state index in [1.165, 1.54) is 45.4 Å². The van der Waals surface area contributed by atoms with Gasteiger partial charge in [-0.3, -0.25) is 14.5 Å². The van der Waals surface area contributed by atoms with Gasteiger partial charge in [-0.2, -0.15) is 0 Å². The van der Waals surface area contributed by atoms with Gasteiger partial charge < -0.3 is 29.8 Å². The molecule has 46 heavy (non-hydrogen) atoms. The maximum absolute atomic E-state index is 11.9. The van der Waals surface area contributed by atoms with Crippen LogP contribution in [0.1, 0.15) is 113 Å². The van der Waals surface area contributed by atoms with E-state index in [1.807, 2.05) is 6.92 Å². The van der Waals surface area contributed by atoms with Gasteiger partial charge in [-0.05, 0) is 130 Å². The fourth-order valence-electron chi connectivity index (χ4n) is 13.0. The van der Waals surface area contributed by atoms with E-state index in [0.717, 1.165) is 31.6 Å². The molecule has 9 heteroatoms. The van der Waals surface area contributed by atoms with Crippen molar-refractivity contribution in [3.05, 3.63) is 0 Å². The summed E-state index contributed by atoms with van der Waals surface area (Å²) in [5.74, 6) is 1.92. The van der Waals surface area contributed by atoms with Gasteiger partial charge in [-0.25, -0.2) is 0 Å². The molecule has 7 fully saturated rings. The molecular formula is C37H60N2O7. The van der Waals surface area contributed by atoms with Gasteiger partial charge in [-0.1, -0.05) is 20.8 Å². The third-order valence-electron chi connectivity index (χ3n) is 15.2. The molecule has 0 aromatic heterocycles. The molecule has 5 saturated carbocycles. The second-order valence-electron chi connectivity index (χ2n) is 18.0. The number of esters is 1. The predicted molar refractivity (Wildman–Crippen MR) is 172 cm³/mol. The zero-order chi connectivity index (χ0) is 33.0. The van der Waals surface area contributed by atoms with Crippen molar-refractivity contribution in [1.82, 2.24) is 4.90 Å². The standard InChI is InChI=1S/C37H60N2O7/c1-21(32(38)41)39-16-17-43-30(19-39)46-29-12-13-37-20-36(37)15-14-35(7)24-8-10-26(31(34(5,6)42)44-22(2)40)45-27(24)18-25(35)23(36)9-11-28(37)33(29,3)4/h21,23-31,42H,8-20H2,1-7H3,(H2,38,41)/t21?,23?,24?,25?,26?,27?,28?,29-,30?,31-,35?,36?,37?/m0/s1. The molecule has 2 spiro atoms. The lowest BCUT2D eigenvalue weighted by Crippen LogP contribution is -2.57. The van der Waals surface area contributed by atoms with Gasteiger partial charge >= 0.3 is 5.97 Å². The molecule has 2 heterocycles. The third kappa shape index (κ3) is 4.94. The van der Waals surface area contributed by atoms with Crippen LogP contribution in [-0.4, -0.2) is 83.9 Å². The van der Waals surface area contributed by atoms with Crippen molar-refractivity contribution in [2.45, 2.75) is 155 Å². The van der Waals surface area contributed by atoms with E-state index in [-0.39, 0.29) is 53.4 Å². The lowest BCUT2D eigenvalue weighted by Gasteiger charge is -2.60. The lowest BCUT2D eigenvalue weighted by atomic mass is 9.46. The van der Waals surface area contributed by atoms with Crippen molar-refractivity contribution in [3.8, 4) is 0 Å². The number of fused-ring (bicyclic) bond motifs is 4. The van der Waals surface area contributed by atoms with Crippen LogP contribution < -0.4 is 5.73 Å². The van der Waals surface area contributed by atoms with Crippen LogP contribution in [0.2, 0.25) is 0 Å². The summed E-state index contributed by atoms with van der Waals surface area (Å²) in [5.41, 5.74) is 5.66. The molecule has 7 rings (SSSR count). The van der Waals surface area contributed by atoms with Gasteiger partial charge in [0.1, 0.15) is 0 Å². The molecule has 2 saturated heterocycles. The number of carbonyl (C=O) groups excluding carboxylic acids is 2. The summed E-state index contributed by atoms with van der Waals surface area (Å²) in [4.78, 5) is 25.9. The largest absolute Gasteiger partial charge is 0.457 e. The first-order valence-electron chi connectivity index (χ1n) is 18.4. The van der Waals surface area contributed by atoms with Crippen molar-refractivity contribution >= 4 is 11.9 Å². The Kier molecular flexibility index (Phi) is 8.04. The Hall–Kier alpha value is -1.26. The Balaban J connectivity index is 1.05. The first kappa shape index (κ1) is 33.2. The summed E-state index contributed by atoms with van der Waals surface area (Å²) in [6.07, 6.45) is 10.9. The highest BCUT2D eigenvalue weighted by molar-refractivity contribution is 5.79. The summed E-state index contributed by atoms with van der Waals surface area (Å²) in [6.45, 7) is 16.1. The number of morpholine rings is 1. The van der Waals surface area contributed by atoms with Crippen molar-refractivity contribution in [3.63, 3.8) is 0 Å². The first-order chi connectivity index (χ1) is 21.5. The van der Waals surface area contributed by atoms with E-state index in [2.05, 4.69) is 25.7 Å². The SMILES string of the molecule is CC(=O)O[C@@H](C1CCC2C(CC3C4CCC5C(C)(C)[C@@H](OC6CN(C(C)C(N)=O)CCO6)CCC56CC46CCC23C)O1)C(C)(C)O. The number of hydrogen-bond donors (Lipinski definition) is 2. The molecule has 11 unspecified atom stereocenters. The summed E-state index contributed by atoms with van der Waals surface area (Å²) in [7, 11) is 0. The van der Waals surface area contributed by atoms with Gasteiger partial charge in [-0.15, -0.1) is 0 Å². The van der Waals surface area contributed by atoms with E-state index < -0.39 is 11.7 Å². The molecule has 1 amide bonds. The van der Waals surface area contributed by atoms with E-state index >= 15 is 0 Å². The van der Waals surface area contributed by atoms with Crippen molar-refractivity contribution in [2.24, 2.45) is 51.1 Å². The molecule has 260 valence electrons. The monoisotopic (exact) mass is 644 g/mol. The van der Waals surface area contributed by atoms with Gasteiger partial charge in [0.2, 0.25) is 5.91 Å². The van der Waals surface area contributed by atoms with Gasteiger partial charge in [0.25, 0.3) is 0 Å². The van der Waals surface area contributed by atoms with Crippen LogP contribution in [-0.2, 0) is 28.5 Å². The van der Waals surface area contributed by atoms with E-state index in [1.54, 1.807) is 13.8 Å². The molecule has 0 radical (unpaired) electrons. The molecule has 13 atom stereocenters. The highest BCUT2D eigenvalue weighted by Gasteiger charge is 2.80. The van der Waals surface area contributed by atoms with Crippen molar-refractivity contribution < 1.29 is 33.6 Å². The topological polar surface area (TPSA) is 121 Å². The fourth-order valence-corrected chi connectivity index (χ4v) is 13.0. The van der Waals surface area contributed by atoms with E-state index in [0.29, 0.717) is 48.3 Å². The second-order valence-corrected chi connectivity index (χ2v) is 18.0. The summed E-state index contributed by atoms with van der Waals surface area (Å²) < 4.78 is 25.4. The maximum Gasteiger partial charge on any atom is 0.303 e. The summed E-state index contributed by atoms with van der Waals surface area (Å²) in [6, 6.07) is -0.316. The number of primary amides is 1. The summed E-state index contributed by atoms with van der Waals surface area (Å²) in [5, 5.41) is 10.9. The smallest absolute Gasteiger partial charge is 0.303 e. The molecular weight excluding hydrogens is 584 g/mol. The Labute approximate surface area is 276 Å². The highest BCUT2D eigenvalue weighted by Crippen LogP contribution is 2.87. The molecule has 9 nitrogen and oxygen atoms in total. The number of hydrogen-bond acceptors (Lipinski definition) is 8. The molecule has 3 N–H and O–H groups in total. The third-order valence-corrected chi connectivity index (χ3v) is 15.2. The second kappa shape index (κ2) is 11.1. The average Bonchev–Trinajstić information content (AvgIpc) is 3.56. The van der Waals surface area contributed by atoms with Crippen LogP contribution in [0, 0.1) is 45.3 Å². The predicted octanol–water partition coefficient (Wildman–Crippen LogP) is 4.81. The Morgan fingerprint density at radius 3 is 2.43 bits per heavy atom. The van der Waals surface area contributed by atoms with Crippen LogP contribution in [0.25, 0.3) is 0 Å². The fraction of sp³-hybridized carbons (Fsp3) is 0.946.